The molecular formula is C19H18Cl2N4O2. The van der Waals surface area contributed by atoms with Crippen LogP contribution in [0.4, 0.5) is 0 Å². The van der Waals surface area contributed by atoms with Crippen molar-refractivity contribution in [3.05, 3.63) is 39.6 Å². The van der Waals surface area contributed by atoms with Crippen LogP contribution in [0.15, 0.2) is 18.3 Å². The summed E-state index contributed by atoms with van der Waals surface area (Å²) >= 11 is 12.8. The highest BCUT2D eigenvalue weighted by atomic mass is 35.5. The largest absolute Gasteiger partial charge is 0.357 e. The van der Waals surface area contributed by atoms with E-state index in [4.69, 9.17) is 23.2 Å². The first-order valence-electron chi connectivity index (χ1n) is 8.80. The summed E-state index contributed by atoms with van der Waals surface area (Å²) in [5.74, 6) is 0.131. The highest BCUT2D eigenvalue weighted by Gasteiger charge is 2.27. The van der Waals surface area contributed by atoms with E-state index in [0.717, 1.165) is 40.4 Å². The molecule has 0 radical (unpaired) electrons. The van der Waals surface area contributed by atoms with E-state index in [-0.39, 0.29) is 12.5 Å². The van der Waals surface area contributed by atoms with E-state index >= 15 is 0 Å². The maximum absolute atomic E-state index is 12.2. The molecule has 0 spiro atoms. The Morgan fingerprint density at radius 3 is 2.96 bits per heavy atom. The Hall–Kier alpha value is -2.31. The maximum Gasteiger partial charge on any atom is 0.222 e. The summed E-state index contributed by atoms with van der Waals surface area (Å²) in [7, 11) is 0. The summed E-state index contributed by atoms with van der Waals surface area (Å²) in [5, 5.41) is 6.31. The normalized spacial score (nSPS) is 13.8. The molecule has 6 nitrogen and oxygen atoms in total. The number of hydrogen-bond acceptors (Lipinski definition) is 3. The number of aldehydes is 1. The number of fused-ring (bicyclic) bond motifs is 3. The molecule has 1 aromatic carbocycles. The Bertz CT molecular complexity index is 1050. The predicted octanol–water partition coefficient (Wildman–Crippen LogP) is 3.83. The Balaban J connectivity index is 1.91. The molecule has 0 aliphatic carbocycles. The van der Waals surface area contributed by atoms with Crippen LogP contribution in [0.25, 0.3) is 22.2 Å². The second-order valence-electron chi connectivity index (χ2n) is 6.56. The van der Waals surface area contributed by atoms with Gasteiger partial charge in [0.15, 0.2) is 0 Å². The minimum absolute atomic E-state index is 0.131. The summed E-state index contributed by atoms with van der Waals surface area (Å²) < 4.78 is 1.57. The van der Waals surface area contributed by atoms with Crippen LogP contribution in [0.3, 0.4) is 0 Å². The van der Waals surface area contributed by atoms with Crippen LogP contribution in [0.1, 0.15) is 24.6 Å². The van der Waals surface area contributed by atoms with Crippen molar-refractivity contribution >= 4 is 46.3 Å². The Morgan fingerprint density at radius 2 is 2.22 bits per heavy atom. The lowest BCUT2D eigenvalue weighted by Gasteiger charge is -2.27. The third-order valence-electron chi connectivity index (χ3n) is 4.98. The van der Waals surface area contributed by atoms with Crippen molar-refractivity contribution in [3.63, 3.8) is 0 Å². The van der Waals surface area contributed by atoms with Gasteiger partial charge in [-0.2, -0.15) is 5.10 Å². The molecule has 3 aromatic rings. The molecular weight excluding hydrogens is 387 g/mol. The van der Waals surface area contributed by atoms with Crippen LogP contribution in [0.2, 0.25) is 10.0 Å². The van der Waals surface area contributed by atoms with Gasteiger partial charge in [0.25, 0.3) is 0 Å². The zero-order valence-electron chi connectivity index (χ0n) is 14.8. The number of rotatable bonds is 4. The molecule has 0 saturated carbocycles. The SMILES string of the molecule is CCC(=O)N1CCc2[nH]c3c(Cl)c(Cl)cc(-c4ccn(CC=O)n4)c3c2C1. The zero-order valence-corrected chi connectivity index (χ0v) is 16.3. The highest BCUT2D eigenvalue weighted by Crippen LogP contribution is 2.41. The molecule has 140 valence electrons. The molecule has 0 atom stereocenters. The summed E-state index contributed by atoms with van der Waals surface area (Å²) in [6.07, 6.45) is 3.77. The number of aromatic nitrogens is 3. The lowest BCUT2D eigenvalue weighted by Crippen LogP contribution is -2.35. The zero-order chi connectivity index (χ0) is 19.1. The summed E-state index contributed by atoms with van der Waals surface area (Å²) in [6, 6.07) is 3.65. The number of nitrogens with zero attached hydrogens (tertiary/aromatic N) is 3. The molecule has 2 aromatic heterocycles. The van der Waals surface area contributed by atoms with E-state index in [1.165, 1.54) is 0 Å². The van der Waals surface area contributed by atoms with E-state index in [9.17, 15) is 9.59 Å². The Kier molecular flexibility index (Phi) is 4.70. The number of halogens is 2. The van der Waals surface area contributed by atoms with Crippen molar-refractivity contribution < 1.29 is 9.59 Å². The third kappa shape index (κ3) is 3.03. The summed E-state index contributed by atoms with van der Waals surface area (Å²) in [6.45, 7) is 3.27. The van der Waals surface area contributed by atoms with Crippen molar-refractivity contribution in [1.82, 2.24) is 19.7 Å². The first-order valence-corrected chi connectivity index (χ1v) is 9.55. The molecule has 27 heavy (non-hydrogen) atoms. The van der Waals surface area contributed by atoms with Crippen molar-refractivity contribution in [3.8, 4) is 11.3 Å². The monoisotopic (exact) mass is 404 g/mol. The maximum atomic E-state index is 12.2. The third-order valence-corrected chi connectivity index (χ3v) is 5.76. The number of amides is 1. The van der Waals surface area contributed by atoms with Gasteiger partial charge in [0.05, 0.1) is 27.8 Å². The van der Waals surface area contributed by atoms with Crippen molar-refractivity contribution in [1.29, 1.82) is 0 Å². The molecule has 8 heteroatoms. The average molecular weight is 405 g/mol. The lowest BCUT2D eigenvalue weighted by molar-refractivity contribution is -0.131. The van der Waals surface area contributed by atoms with Crippen molar-refractivity contribution in [2.24, 2.45) is 0 Å². The van der Waals surface area contributed by atoms with Gasteiger partial charge in [-0.25, -0.2) is 0 Å². The van der Waals surface area contributed by atoms with Crippen LogP contribution in [0, 0.1) is 0 Å². The minimum atomic E-state index is 0.131. The van der Waals surface area contributed by atoms with Crippen LogP contribution in [0.5, 0.6) is 0 Å². The van der Waals surface area contributed by atoms with Gasteiger partial charge in [0.1, 0.15) is 6.29 Å². The van der Waals surface area contributed by atoms with Gasteiger partial charge < -0.3 is 14.7 Å². The smallest absolute Gasteiger partial charge is 0.222 e. The second-order valence-corrected chi connectivity index (χ2v) is 7.35. The fourth-order valence-corrected chi connectivity index (χ4v) is 4.06. The molecule has 1 N–H and O–H groups in total. The molecule has 0 unspecified atom stereocenters. The average Bonchev–Trinajstić information content (AvgIpc) is 3.29. The molecule has 0 fully saturated rings. The van der Waals surface area contributed by atoms with Gasteiger partial charge >= 0.3 is 0 Å². The van der Waals surface area contributed by atoms with E-state index in [1.807, 2.05) is 17.9 Å². The summed E-state index contributed by atoms with van der Waals surface area (Å²) in [5.41, 5.74) is 4.44. The predicted molar refractivity (Wildman–Crippen MR) is 105 cm³/mol. The van der Waals surface area contributed by atoms with Gasteiger partial charge in [-0.1, -0.05) is 30.1 Å². The first-order chi connectivity index (χ1) is 13.0. The minimum Gasteiger partial charge on any atom is -0.357 e. The van der Waals surface area contributed by atoms with Gasteiger partial charge in [0.2, 0.25) is 5.91 Å². The van der Waals surface area contributed by atoms with Gasteiger partial charge in [-0.05, 0) is 12.1 Å². The number of nitrogens with one attached hydrogen (secondary N) is 1. The van der Waals surface area contributed by atoms with E-state index in [0.29, 0.717) is 35.2 Å². The topological polar surface area (TPSA) is 71.0 Å². The first kappa shape index (κ1) is 18.1. The number of benzene rings is 1. The number of H-pyrrole nitrogens is 1. The fraction of sp³-hybridized carbons (Fsp3) is 0.316. The number of carbonyl (C=O) groups excluding carboxylic acids is 2. The molecule has 0 bridgehead atoms. The number of aromatic amines is 1. The standard InChI is InChI=1S/C19H18Cl2N4O2/c1-2-16(27)24-5-3-14-12(10-24)17-11(9-13(20)18(21)19(17)22-14)15-4-6-25(23-15)7-8-26/h4,6,8-9,22H,2-3,5,7,10H2,1H3. The number of hydrogen-bond donors (Lipinski definition) is 1. The van der Waals surface area contributed by atoms with Crippen LogP contribution < -0.4 is 0 Å². The van der Waals surface area contributed by atoms with Crippen molar-refractivity contribution in [2.45, 2.75) is 32.9 Å². The molecule has 4 rings (SSSR count). The Labute approximate surface area is 166 Å². The number of carbonyl (C=O) groups is 2. The molecule has 0 saturated heterocycles. The lowest BCUT2D eigenvalue weighted by atomic mass is 9.99. The second kappa shape index (κ2) is 7.02. The molecule has 3 heterocycles. The van der Waals surface area contributed by atoms with Gasteiger partial charge in [0, 0.05) is 54.3 Å². The molecule has 1 amide bonds. The van der Waals surface area contributed by atoms with Gasteiger partial charge in [-0.15, -0.1) is 0 Å². The van der Waals surface area contributed by atoms with Crippen molar-refractivity contribution in [2.75, 3.05) is 6.54 Å². The van der Waals surface area contributed by atoms with Crippen LogP contribution >= 0.6 is 23.2 Å². The fourth-order valence-electron chi connectivity index (χ4n) is 3.66. The van der Waals surface area contributed by atoms with E-state index < -0.39 is 0 Å². The Morgan fingerprint density at radius 1 is 1.41 bits per heavy atom. The van der Waals surface area contributed by atoms with Gasteiger partial charge in [-0.3, -0.25) is 9.48 Å². The van der Waals surface area contributed by atoms with E-state index in [1.54, 1.807) is 16.9 Å². The van der Waals surface area contributed by atoms with E-state index in [2.05, 4.69) is 10.1 Å². The molecule has 1 aliphatic rings. The quantitative estimate of drug-likeness (QED) is 0.671. The van der Waals surface area contributed by atoms with Crippen LogP contribution in [-0.2, 0) is 29.1 Å². The summed E-state index contributed by atoms with van der Waals surface area (Å²) in [4.78, 5) is 28.2. The van der Waals surface area contributed by atoms with Crippen LogP contribution in [-0.4, -0.2) is 38.4 Å². The highest BCUT2D eigenvalue weighted by molar-refractivity contribution is 6.45. The molecule has 1 aliphatic heterocycles.